The van der Waals surface area contributed by atoms with Gasteiger partial charge in [0.25, 0.3) is 17.6 Å². The van der Waals surface area contributed by atoms with E-state index in [4.69, 9.17) is 23.1 Å². The number of rotatable bonds is 10. The van der Waals surface area contributed by atoms with Gasteiger partial charge in [0, 0.05) is 24.7 Å². The summed E-state index contributed by atoms with van der Waals surface area (Å²) in [7, 11) is -3.33. The monoisotopic (exact) mass is 538 g/mol. The highest BCUT2D eigenvalue weighted by Gasteiger charge is 2.26. The number of fused-ring (bicyclic) bond motifs is 1. The van der Waals surface area contributed by atoms with Crippen LogP contribution in [0.4, 0.5) is 11.6 Å². The first-order valence-electron chi connectivity index (χ1n) is 11.1. The van der Waals surface area contributed by atoms with Gasteiger partial charge in [0.1, 0.15) is 6.54 Å². The minimum Gasteiger partial charge on any atom is -0.382 e. The second kappa shape index (κ2) is 11.1. The van der Waals surface area contributed by atoms with Crippen molar-refractivity contribution >= 4 is 56.1 Å². The van der Waals surface area contributed by atoms with Crippen molar-refractivity contribution in [3.63, 3.8) is 0 Å². The van der Waals surface area contributed by atoms with Gasteiger partial charge in [-0.05, 0) is 26.0 Å². The third kappa shape index (κ3) is 6.01. The third-order valence-corrected chi connectivity index (χ3v) is 6.38. The predicted octanol–water partition coefficient (Wildman–Crippen LogP) is -0.215. The number of hydrogen-bond donors (Lipinski definition) is 5. The van der Waals surface area contributed by atoms with Crippen LogP contribution >= 0.6 is 11.6 Å². The topological polar surface area (TPSA) is 191 Å². The van der Waals surface area contributed by atoms with Crippen LogP contribution in [0, 0.1) is 0 Å². The van der Waals surface area contributed by atoms with Crippen LogP contribution in [0.3, 0.4) is 0 Å². The minimum absolute atomic E-state index is 0.0628. The summed E-state index contributed by atoms with van der Waals surface area (Å²) in [5.74, 6) is -0.279. The van der Waals surface area contributed by atoms with E-state index in [-0.39, 0.29) is 48.0 Å². The lowest BCUT2D eigenvalue weighted by atomic mass is 10.2. The Morgan fingerprint density at radius 1 is 1.08 bits per heavy atom. The molecule has 0 atom stereocenters. The molecule has 2 aromatic heterocycles. The van der Waals surface area contributed by atoms with Gasteiger partial charge in [0.05, 0.1) is 19.3 Å². The second-order valence-electron chi connectivity index (χ2n) is 7.85. The number of benzene rings is 1. The lowest BCUT2D eigenvalue weighted by Crippen LogP contribution is -2.40. The highest BCUT2D eigenvalue weighted by atomic mass is 35.5. The lowest BCUT2D eigenvalue weighted by Gasteiger charge is -2.08. The summed E-state index contributed by atoms with van der Waals surface area (Å²) in [5.41, 5.74) is 13.4. The number of hydrogen-bond acceptors (Lipinski definition) is 8. The molecule has 2 amide bonds. The fourth-order valence-corrected chi connectivity index (χ4v) is 4.40. The third-order valence-electron chi connectivity index (χ3n) is 5.38. The summed E-state index contributed by atoms with van der Waals surface area (Å²) in [6, 6.07) is 5.30. The number of imidazole rings is 1. The molecule has 0 aliphatic rings. The van der Waals surface area contributed by atoms with Crippen molar-refractivity contribution in [2.75, 3.05) is 30.8 Å². The van der Waals surface area contributed by atoms with E-state index < -0.39 is 15.9 Å². The zero-order valence-electron chi connectivity index (χ0n) is 20.1. The number of carbonyl (C=O) groups is 2. The molecule has 0 spiro atoms. The second-order valence-corrected chi connectivity index (χ2v) is 10.0. The molecule has 0 saturated carbocycles. The molecule has 0 radical (unpaired) electrons. The van der Waals surface area contributed by atoms with Crippen LogP contribution in [0.15, 0.2) is 18.2 Å². The lowest BCUT2D eigenvalue weighted by molar-refractivity contribution is -0.676. The molecule has 0 saturated heterocycles. The Morgan fingerprint density at radius 2 is 1.81 bits per heavy atom. The van der Waals surface area contributed by atoms with Gasteiger partial charge in [-0.3, -0.25) is 9.59 Å². The average Bonchev–Trinajstić information content (AvgIpc) is 3.13. The van der Waals surface area contributed by atoms with Crippen LogP contribution in [-0.4, -0.2) is 54.1 Å². The molecule has 3 rings (SSSR count). The number of nitrogen functional groups attached to an aromatic ring is 2. The molecular formula is C21H29ClN9O4S+. The molecular weight excluding hydrogens is 510 g/mol. The van der Waals surface area contributed by atoms with Gasteiger partial charge in [-0.2, -0.15) is 0 Å². The summed E-state index contributed by atoms with van der Waals surface area (Å²) in [6.45, 7) is 5.51. The van der Waals surface area contributed by atoms with Gasteiger partial charge in [-0.15, -0.1) is 0 Å². The fourth-order valence-electron chi connectivity index (χ4n) is 3.80. The molecule has 2 heterocycles. The maximum absolute atomic E-state index is 12.7. The maximum atomic E-state index is 12.7. The summed E-state index contributed by atoms with van der Waals surface area (Å²) < 4.78 is 28.7. The molecule has 36 heavy (non-hydrogen) atoms. The number of sulfonamides is 1. The Kier molecular flexibility index (Phi) is 8.32. The molecule has 15 heteroatoms. The molecule has 0 aliphatic heterocycles. The number of nitrogens with two attached hydrogens (primary N) is 2. The normalized spacial score (nSPS) is 11.6. The summed E-state index contributed by atoms with van der Waals surface area (Å²) >= 11 is 5.89. The molecule has 0 bridgehead atoms. The highest BCUT2D eigenvalue weighted by molar-refractivity contribution is 7.88. The van der Waals surface area contributed by atoms with Crippen molar-refractivity contribution in [2.24, 2.45) is 0 Å². The van der Waals surface area contributed by atoms with Crippen molar-refractivity contribution in [3.8, 4) is 0 Å². The van der Waals surface area contributed by atoms with E-state index in [1.165, 1.54) is 0 Å². The zero-order chi connectivity index (χ0) is 26.6. The number of nitrogens with one attached hydrogen (secondary N) is 3. The number of halogens is 1. The van der Waals surface area contributed by atoms with Crippen molar-refractivity contribution < 1.29 is 22.6 Å². The standard InChI is InChI=1S/C21H28ClN9O4S/c1-4-30-13-7-6-12(20(32)25-8-9-27-36(3,34)35)10-14(13)31(5-2)15(30)11-26-21(33)16-18(23)29-19(24)17(22)28-16/h6-7,10,27H,4-5,8-9,11H2,1-3H3,(H5-,23,24,25,26,29,32,33)/p+1. The fraction of sp³-hybridized carbons (Fsp3) is 0.381. The van der Waals surface area contributed by atoms with E-state index in [0.717, 1.165) is 23.1 Å². The first-order chi connectivity index (χ1) is 17.0. The Morgan fingerprint density at radius 3 is 2.44 bits per heavy atom. The number of nitrogens with zero attached hydrogens (tertiary/aromatic N) is 4. The van der Waals surface area contributed by atoms with Gasteiger partial charge in [-0.25, -0.2) is 32.2 Å². The molecule has 3 aromatic rings. The molecule has 194 valence electrons. The average molecular weight is 539 g/mol. The number of aryl methyl sites for hydroxylation is 2. The molecule has 0 unspecified atom stereocenters. The molecule has 0 aliphatic carbocycles. The van der Waals surface area contributed by atoms with Crippen LogP contribution in [0.1, 0.15) is 40.5 Å². The number of carbonyl (C=O) groups excluding carboxylic acids is 2. The first kappa shape index (κ1) is 27.1. The van der Waals surface area contributed by atoms with E-state index in [2.05, 4.69) is 25.3 Å². The number of anilines is 2. The van der Waals surface area contributed by atoms with E-state index in [9.17, 15) is 18.0 Å². The molecule has 7 N–H and O–H groups in total. The van der Waals surface area contributed by atoms with Crippen LogP contribution in [0.5, 0.6) is 0 Å². The van der Waals surface area contributed by atoms with Crippen LogP contribution in [0.2, 0.25) is 5.15 Å². The summed E-state index contributed by atoms with van der Waals surface area (Å²) in [4.78, 5) is 33.1. The molecule has 1 aromatic carbocycles. The Bertz CT molecular complexity index is 1420. The Balaban J connectivity index is 1.84. The Labute approximate surface area is 213 Å². The van der Waals surface area contributed by atoms with Crippen molar-refractivity contribution in [3.05, 3.63) is 40.4 Å². The van der Waals surface area contributed by atoms with Crippen molar-refractivity contribution in [1.82, 2.24) is 29.9 Å². The van der Waals surface area contributed by atoms with Crippen molar-refractivity contribution in [1.29, 1.82) is 0 Å². The van der Waals surface area contributed by atoms with Gasteiger partial charge >= 0.3 is 0 Å². The van der Waals surface area contributed by atoms with Gasteiger partial charge in [0.15, 0.2) is 33.5 Å². The van der Waals surface area contributed by atoms with Crippen molar-refractivity contribution in [2.45, 2.75) is 33.5 Å². The largest absolute Gasteiger partial charge is 0.382 e. The van der Waals surface area contributed by atoms with Crippen LogP contribution in [0.25, 0.3) is 11.0 Å². The quantitative estimate of drug-likeness (QED) is 0.173. The predicted molar refractivity (Wildman–Crippen MR) is 136 cm³/mol. The highest BCUT2D eigenvalue weighted by Crippen LogP contribution is 2.19. The summed E-state index contributed by atoms with van der Waals surface area (Å²) in [6.07, 6.45) is 1.05. The van der Waals surface area contributed by atoms with Gasteiger partial charge < -0.3 is 22.1 Å². The van der Waals surface area contributed by atoms with E-state index in [1.807, 2.05) is 29.0 Å². The molecule has 0 fully saturated rings. The first-order valence-corrected chi connectivity index (χ1v) is 13.4. The van der Waals surface area contributed by atoms with E-state index >= 15 is 0 Å². The van der Waals surface area contributed by atoms with Crippen LogP contribution < -0.4 is 31.4 Å². The van der Waals surface area contributed by atoms with E-state index in [0.29, 0.717) is 18.7 Å². The summed E-state index contributed by atoms with van der Waals surface area (Å²) in [5, 5.41) is 5.38. The minimum atomic E-state index is -3.33. The smallest absolute Gasteiger partial charge is 0.277 e. The van der Waals surface area contributed by atoms with Gasteiger partial charge in [-0.1, -0.05) is 11.6 Å². The Hall–Kier alpha value is -3.49. The number of amides is 2. The number of aromatic nitrogens is 4. The molecule has 13 nitrogen and oxygen atoms in total. The van der Waals surface area contributed by atoms with Crippen LogP contribution in [-0.2, 0) is 29.7 Å². The SMILES string of the molecule is CCn1c(CNC(=O)c2nc(Cl)c(N)nc2N)[n+](CC)c2ccc(C(=O)NCCNS(C)(=O)=O)cc21. The van der Waals surface area contributed by atoms with E-state index in [1.54, 1.807) is 12.1 Å². The van der Waals surface area contributed by atoms with Gasteiger partial charge in [0.2, 0.25) is 10.0 Å². The zero-order valence-corrected chi connectivity index (χ0v) is 21.7. The maximum Gasteiger partial charge on any atom is 0.277 e.